The molecule has 2 rings (SSSR count). The molecule has 2 atom stereocenters. The summed E-state index contributed by atoms with van der Waals surface area (Å²) in [5.41, 5.74) is 0.312. The Kier molecular flexibility index (Phi) is 3.79. The van der Waals surface area contributed by atoms with Crippen LogP contribution < -0.4 is 0 Å². The summed E-state index contributed by atoms with van der Waals surface area (Å²) in [7, 11) is 0. The number of benzene rings is 1. The lowest BCUT2D eigenvalue weighted by molar-refractivity contribution is -0.152. The fourth-order valence-electron chi connectivity index (χ4n) is 2.07. The van der Waals surface area contributed by atoms with E-state index in [2.05, 4.69) is 15.9 Å². The standard InChI is InChI=1S/C12H12BrFO3/c13-7-3-4-10(14)9(6-7)11-8(12(15)16)2-1-5-17-11/h3-4,6,8,11H,1-2,5H2,(H,15,16). The molecule has 0 spiro atoms. The summed E-state index contributed by atoms with van der Waals surface area (Å²) in [4.78, 5) is 11.1. The summed E-state index contributed by atoms with van der Waals surface area (Å²) in [6.45, 7) is 0.473. The lowest BCUT2D eigenvalue weighted by Crippen LogP contribution is -2.29. The molecule has 92 valence electrons. The van der Waals surface area contributed by atoms with Crippen LogP contribution in [0, 0.1) is 11.7 Å². The Hall–Kier alpha value is -0.940. The topological polar surface area (TPSA) is 46.5 Å². The molecule has 1 aliphatic rings. The van der Waals surface area contributed by atoms with E-state index in [1.165, 1.54) is 6.07 Å². The fraction of sp³-hybridized carbons (Fsp3) is 0.417. The van der Waals surface area contributed by atoms with Crippen molar-refractivity contribution in [2.45, 2.75) is 18.9 Å². The zero-order valence-electron chi connectivity index (χ0n) is 9.03. The Balaban J connectivity index is 2.35. The van der Waals surface area contributed by atoms with Crippen LogP contribution in [0.5, 0.6) is 0 Å². The summed E-state index contributed by atoms with van der Waals surface area (Å²) in [5.74, 6) is -2.03. The Morgan fingerprint density at radius 2 is 2.29 bits per heavy atom. The lowest BCUT2D eigenvalue weighted by Gasteiger charge is -2.29. The van der Waals surface area contributed by atoms with E-state index in [4.69, 9.17) is 9.84 Å². The van der Waals surface area contributed by atoms with Gasteiger partial charge in [0.2, 0.25) is 0 Å². The van der Waals surface area contributed by atoms with Gasteiger partial charge in [0.25, 0.3) is 0 Å². The number of aliphatic carboxylic acids is 1. The number of hydrogen-bond acceptors (Lipinski definition) is 2. The Labute approximate surface area is 107 Å². The van der Waals surface area contributed by atoms with Crippen molar-refractivity contribution in [2.24, 2.45) is 5.92 Å². The molecule has 1 fully saturated rings. The molecule has 2 unspecified atom stereocenters. The van der Waals surface area contributed by atoms with Gasteiger partial charge in [-0.2, -0.15) is 0 Å². The summed E-state index contributed by atoms with van der Waals surface area (Å²) in [6.07, 6.45) is 0.522. The van der Waals surface area contributed by atoms with Crippen LogP contribution in [-0.4, -0.2) is 17.7 Å². The molecule has 0 aliphatic carbocycles. The monoisotopic (exact) mass is 302 g/mol. The molecule has 0 bridgehead atoms. The predicted octanol–water partition coefficient (Wildman–Crippen LogP) is 3.14. The molecule has 3 nitrogen and oxygen atoms in total. The molecular formula is C12H12BrFO3. The number of carbonyl (C=O) groups is 1. The van der Waals surface area contributed by atoms with E-state index in [0.717, 1.165) is 0 Å². The zero-order chi connectivity index (χ0) is 12.4. The highest BCUT2D eigenvalue weighted by molar-refractivity contribution is 9.10. The van der Waals surface area contributed by atoms with E-state index in [-0.39, 0.29) is 0 Å². The predicted molar refractivity (Wildman–Crippen MR) is 63.2 cm³/mol. The second-order valence-electron chi connectivity index (χ2n) is 4.04. The first-order valence-corrected chi connectivity index (χ1v) is 6.18. The van der Waals surface area contributed by atoms with E-state index in [9.17, 15) is 9.18 Å². The molecule has 0 saturated carbocycles. The van der Waals surface area contributed by atoms with Gasteiger partial charge in [0, 0.05) is 16.6 Å². The number of hydrogen-bond donors (Lipinski definition) is 1. The summed E-state index contributed by atoms with van der Waals surface area (Å²) >= 11 is 3.25. The van der Waals surface area contributed by atoms with Crippen molar-refractivity contribution in [3.05, 3.63) is 34.1 Å². The van der Waals surface area contributed by atoms with Crippen LogP contribution >= 0.6 is 15.9 Å². The molecule has 17 heavy (non-hydrogen) atoms. The van der Waals surface area contributed by atoms with Gasteiger partial charge in [-0.15, -0.1) is 0 Å². The average Bonchev–Trinajstić information content (AvgIpc) is 2.32. The van der Waals surface area contributed by atoms with Crippen molar-refractivity contribution in [1.29, 1.82) is 0 Å². The highest BCUT2D eigenvalue weighted by atomic mass is 79.9. The number of halogens is 2. The molecule has 1 aromatic carbocycles. The van der Waals surface area contributed by atoms with Crippen molar-refractivity contribution in [3.8, 4) is 0 Å². The van der Waals surface area contributed by atoms with E-state index >= 15 is 0 Å². The van der Waals surface area contributed by atoms with E-state index < -0.39 is 23.8 Å². The maximum Gasteiger partial charge on any atom is 0.309 e. The molecule has 0 radical (unpaired) electrons. The first-order valence-electron chi connectivity index (χ1n) is 5.39. The molecule has 1 N–H and O–H groups in total. The Morgan fingerprint density at radius 3 is 3.00 bits per heavy atom. The number of rotatable bonds is 2. The van der Waals surface area contributed by atoms with Gasteiger partial charge in [-0.25, -0.2) is 4.39 Å². The van der Waals surface area contributed by atoms with Crippen molar-refractivity contribution < 1.29 is 19.0 Å². The van der Waals surface area contributed by atoms with Gasteiger partial charge in [0.1, 0.15) is 5.82 Å². The quantitative estimate of drug-likeness (QED) is 0.913. The smallest absolute Gasteiger partial charge is 0.309 e. The third-order valence-electron chi connectivity index (χ3n) is 2.90. The van der Waals surface area contributed by atoms with Gasteiger partial charge in [0.15, 0.2) is 0 Å². The van der Waals surface area contributed by atoms with Gasteiger partial charge < -0.3 is 9.84 Å². The highest BCUT2D eigenvalue weighted by Gasteiger charge is 2.34. The lowest BCUT2D eigenvalue weighted by atomic mass is 9.89. The molecule has 1 saturated heterocycles. The van der Waals surface area contributed by atoms with Gasteiger partial charge in [-0.05, 0) is 31.0 Å². The number of carboxylic acids is 1. The first kappa shape index (κ1) is 12.5. The average molecular weight is 303 g/mol. The van der Waals surface area contributed by atoms with Gasteiger partial charge in [-0.1, -0.05) is 15.9 Å². The van der Waals surface area contributed by atoms with Crippen LogP contribution in [0.3, 0.4) is 0 Å². The number of ether oxygens (including phenoxy) is 1. The molecule has 0 amide bonds. The fourth-order valence-corrected chi connectivity index (χ4v) is 2.45. The van der Waals surface area contributed by atoms with Crippen molar-refractivity contribution in [2.75, 3.05) is 6.61 Å². The minimum atomic E-state index is -0.936. The van der Waals surface area contributed by atoms with Crippen LogP contribution in [0.1, 0.15) is 24.5 Å². The third-order valence-corrected chi connectivity index (χ3v) is 3.40. The Morgan fingerprint density at radius 1 is 1.53 bits per heavy atom. The van der Waals surface area contributed by atoms with E-state index in [1.54, 1.807) is 12.1 Å². The summed E-state index contributed by atoms with van der Waals surface area (Å²) < 4.78 is 19.8. The van der Waals surface area contributed by atoms with Crippen LogP contribution in [-0.2, 0) is 9.53 Å². The van der Waals surface area contributed by atoms with Gasteiger partial charge in [-0.3, -0.25) is 4.79 Å². The van der Waals surface area contributed by atoms with Crippen molar-refractivity contribution in [3.63, 3.8) is 0 Å². The summed E-state index contributed by atoms with van der Waals surface area (Å²) in [5, 5.41) is 9.12. The minimum absolute atomic E-state index is 0.312. The van der Waals surface area contributed by atoms with Gasteiger partial charge in [0.05, 0.1) is 12.0 Å². The molecular weight excluding hydrogens is 291 g/mol. The van der Waals surface area contributed by atoms with E-state index in [0.29, 0.717) is 29.5 Å². The van der Waals surface area contributed by atoms with Crippen LogP contribution in [0.4, 0.5) is 4.39 Å². The van der Waals surface area contributed by atoms with E-state index in [1.807, 2.05) is 0 Å². The summed E-state index contributed by atoms with van der Waals surface area (Å²) in [6, 6.07) is 4.48. The van der Waals surface area contributed by atoms with Crippen molar-refractivity contribution >= 4 is 21.9 Å². The van der Waals surface area contributed by atoms with Crippen LogP contribution in [0.2, 0.25) is 0 Å². The second kappa shape index (κ2) is 5.14. The van der Waals surface area contributed by atoms with Gasteiger partial charge >= 0.3 is 5.97 Å². The SMILES string of the molecule is O=C(O)C1CCCOC1c1cc(Br)ccc1F. The van der Waals surface area contributed by atoms with Crippen molar-refractivity contribution in [1.82, 2.24) is 0 Å². The second-order valence-corrected chi connectivity index (χ2v) is 4.96. The Bertz CT molecular complexity index is 436. The number of carboxylic acid groups (broad SMARTS) is 1. The third kappa shape index (κ3) is 2.66. The first-order chi connectivity index (χ1) is 8.09. The maximum absolute atomic E-state index is 13.7. The highest BCUT2D eigenvalue weighted by Crippen LogP contribution is 2.36. The largest absolute Gasteiger partial charge is 0.481 e. The molecule has 5 heteroatoms. The molecule has 1 aliphatic heterocycles. The maximum atomic E-state index is 13.7. The normalized spacial score (nSPS) is 24.6. The zero-order valence-corrected chi connectivity index (χ0v) is 10.6. The molecule has 0 aromatic heterocycles. The van der Waals surface area contributed by atoms with Crippen LogP contribution in [0.25, 0.3) is 0 Å². The van der Waals surface area contributed by atoms with Crippen LogP contribution in [0.15, 0.2) is 22.7 Å². The molecule has 1 heterocycles. The minimum Gasteiger partial charge on any atom is -0.481 e. The molecule has 1 aromatic rings.